The average molecular weight is 362 g/mol. The van der Waals surface area contributed by atoms with E-state index in [9.17, 15) is 9.59 Å². The fourth-order valence-corrected chi connectivity index (χ4v) is 3.56. The summed E-state index contributed by atoms with van der Waals surface area (Å²) in [6, 6.07) is 8.34. The molecular formula is C17H16ClN3O2S. The van der Waals surface area contributed by atoms with E-state index in [1.54, 1.807) is 25.1 Å². The number of nitrogens with one attached hydrogen (secondary N) is 3. The van der Waals surface area contributed by atoms with Crippen LogP contribution in [0, 0.1) is 6.92 Å². The van der Waals surface area contributed by atoms with Gasteiger partial charge in [-0.1, -0.05) is 23.7 Å². The number of allylic oxidation sites excluding steroid dienone is 1. The third-order valence-corrected chi connectivity index (χ3v) is 5.20. The number of hydrogen-bond donors (Lipinski definition) is 3. The highest BCUT2D eigenvalue weighted by molar-refractivity contribution is 7.10. The van der Waals surface area contributed by atoms with Crippen LogP contribution >= 0.6 is 22.9 Å². The summed E-state index contributed by atoms with van der Waals surface area (Å²) in [5, 5.41) is 10.9. The molecule has 0 fully saturated rings. The maximum absolute atomic E-state index is 12.9. The van der Waals surface area contributed by atoms with Crippen LogP contribution in [0.15, 0.2) is 47.0 Å². The largest absolute Gasteiger partial charge is 0.326 e. The second kappa shape index (κ2) is 6.67. The predicted molar refractivity (Wildman–Crippen MR) is 96.2 cm³/mol. The van der Waals surface area contributed by atoms with Crippen LogP contribution in [0.3, 0.4) is 0 Å². The van der Waals surface area contributed by atoms with Crippen molar-refractivity contribution in [2.45, 2.75) is 19.9 Å². The Morgan fingerprint density at radius 3 is 2.75 bits per heavy atom. The van der Waals surface area contributed by atoms with Crippen LogP contribution in [0.5, 0.6) is 0 Å². The van der Waals surface area contributed by atoms with E-state index in [1.165, 1.54) is 11.3 Å². The molecule has 1 aliphatic heterocycles. The van der Waals surface area contributed by atoms with Crippen molar-refractivity contribution in [2.24, 2.45) is 0 Å². The third-order valence-electron chi connectivity index (χ3n) is 3.86. The molecule has 24 heavy (non-hydrogen) atoms. The number of halogens is 1. The Hall–Kier alpha value is -2.31. The van der Waals surface area contributed by atoms with Crippen molar-refractivity contribution in [3.8, 4) is 0 Å². The molecule has 1 aromatic heterocycles. The first-order chi connectivity index (χ1) is 11.5. The van der Waals surface area contributed by atoms with Gasteiger partial charge in [-0.05, 0) is 43.0 Å². The van der Waals surface area contributed by atoms with Crippen LogP contribution in [0.2, 0.25) is 5.02 Å². The quantitative estimate of drug-likeness (QED) is 0.774. The fraction of sp³-hybridized carbons (Fsp3) is 0.176. The lowest BCUT2D eigenvalue weighted by Crippen LogP contribution is -2.45. The van der Waals surface area contributed by atoms with Crippen LogP contribution in [0.1, 0.15) is 23.4 Å². The Kier molecular flexibility index (Phi) is 4.59. The number of anilines is 1. The molecule has 0 saturated heterocycles. The zero-order chi connectivity index (χ0) is 17.3. The van der Waals surface area contributed by atoms with Gasteiger partial charge in [0.1, 0.15) is 0 Å². The van der Waals surface area contributed by atoms with Crippen LogP contribution in [-0.2, 0) is 4.79 Å². The van der Waals surface area contributed by atoms with E-state index < -0.39 is 6.04 Å². The molecule has 2 heterocycles. The third kappa shape index (κ3) is 3.16. The van der Waals surface area contributed by atoms with Crippen molar-refractivity contribution < 1.29 is 9.59 Å². The van der Waals surface area contributed by atoms with Gasteiger partial charge in [-0.25, -0.2) is 4.79 Å². The Bertz CT molecular complexity index is 830. The second-order valence-electron chi connectivity index (χ2n) is 5.45. The summed E-state index contributed by atoms with van der Waals surface area (Å²) in [5.41, 5.74) is 2.46. The van der Waals surface area contributed by atoms with Gasteiger partial charge in [0.05, 0.1) is 11.6 Å². The lowest BCUT2D eigenvalue weighted by Gasteiger charge is -2.27. The van der Waals surface area contributed by atoms with Gasteiger partial charge < -0.3 is 16.0 Å². The SMILES string of the molecule is CC1=C(C(=O)Nc2cccc(Cl)c2C)[C@@H](c2cccs2)NC(=O)N1. The fourth-order valence-electron chi connectivity index (χ4n) is 2.60. The van der Waals surface area contributed by atoms with Crippen molar-refractivity contribution in [1.82, 2.24) is 10.6 Å². The van der Waals surface area contributed by atoms with Crippen molar-refractivity contribution in [2.75, 3.05) is 5.32 Å². The molecule has 3 amide bonds. The number of thiophene rings is 1. The standard InChI is InChI=1S/C17H16ClN3O2S/c1-9-11(18)5-3-6-12(9)20-16(22)14-10(2)19-17(23)21-15(14)13-7-4-8-24-13/h3-8,15H,1-2H3,(H,20,22)(H2,19,21,23)/t15-/m1/s1. The van der Waals surface area contributed by atoms with Crippen LogP contribution in [0.4, 0.5) is 10.5 Å². The molecule has 7 heteroatoms. The minimum absolute atomic E-state index is 0.274. The summed E-state index contributed by atoms with van der Waals surface area (Å²) >= 11 is 7.60. The van der Waals surface area contributed by atoms with Gasteiger partial charge in [-0.2, -0.15) is 0 Å². The molecule has 3 rings (SSSR count). The maximum Gasteiger partial charge on any atom is 0.319 e. The molecular weight excluding hydrogens is 346 g/mol. The highest BCUT2D eigenvalue weighted by Crippen LogP contribution is 2.31. The minimum atomic E-state index is -0.474. The maximum atomic E-state index is 12.9. The number of benzene rings is 1. The highest BCUT2D eigenvalue weighted by atomic mass is 35.5. The molecule has 0 saturated carbocycles. The smallest absolute Gasteiger partial charge is 0.319 e. The molecule has 0 bridgehead atoms. The summed E-state index contributed by atoms with van der Waals surface area (Å²) in [4.78, 5) is 25.6. The van der Waals surface area contributed by atoms with Crippen LogP contribution in [0.25, 0.3) is 0 Å². The van der Waals surface area contributed by atoms with E-state index in [4.69, 9.17) is 11.6 Å². The molecule has 0 radical (unpaired) electrons. The topological polar surface area (TPSA) is 70.2 Å². The zero-order valence-corrected chi connectivity index (χ0v) is 14.7. The summed E-state index contributed by atoms with van der Waals surface area (Å²) in [7, 11) is 0. The molecule has 1 aromatic carbocycles. The summed E-state index contributed by atoms with van der Waals surface area (Å²) in [6.07, 6.45) is 0. The van der Waals surface area contributed by atoms with Gasteiger partial charge in [0.15, 0.2) is 0 Å². The van der Waals surface area contributed by atoms with Gasteiger partial charge in [0.25, 0.3) is 5.91 Å². The first-order valence-electron chi connectivity index (χ1n) is 7.35. The van der Waals surface area contributed by atoms with Crippen molar-refractivity contribution in [1.29, 1.82) is 0 Å². The minimum Gasteiger partial charge on any atom is -0.326 e. The van der Waals surface area contributed by atoms with Gasteiger partial charge >= 0.3 is 6.03 Å². The summed E-state index contributed by atoms with van der Waals surface area (Å²) in [5.74, 6) is -0.274. The molecule has 124 valence electrons. The summed E-state index contributed by atoms with van der Waals surface area (Å²) in [6.45, 7) is 3.57. The molecule has 1 atom stereocenters. The molecule has 0 unspecified atom stereocenters. The van der Waals surface area contributed by atoms with E-state index in [0.29, 0.717) is 22.0 Å². The first-order valence-corrected chi connectivity index (χ1v) is 8.61. The Balaban J connectivity index is 1.95. The molecule has 2 aromatic rings. The Morgan fingerprint density at radius 1 is 1.25 bits per heavy atom. The van der Waals surface area contributed by atoms with Gasteiger partial charge in [0.2, 0.25) is 0 Å². The molecule has 0 aliphatic carbocycles. The van der Waals surface area contributed by atoms with Crippen molar-refractivity contribution in [3.05, 3.63) is 62.4 Å². The number of amides is 3. The number of rotatable bonds is 3. The normalized spacial score (nSPS) is 17.3. The Labute approximate surface area is 148 Å². The van der Waals surface area contributed by atoms with Gasteiger partial charge in [-0.15, -0.1) is 11.3 Å². The predicted octanol–water partition coefficient (Wildman–Crippen LogP) is 3.98. The van der Waals surface area contributed by atoms with Crippen molar-refractivity contribution in [3.63, 3.8) is 0 Å². The summed E-state index contributed by atoms with van der Waals surface area (Å²) < 4.78 is 0. The number of carbonyl (C=O) groups excluding carboxylic acids is 2. The van der Waals surface area contributed by atoms with Crippen LogP contribution in [-0.4, -0.2) is 11.9 Å². The molecule has 5 nitrogen and oxygen atoms in total. The first kappa shape index (κ1) is 16.5. The molecule has 1 aliphatic rings. The van der Waals surface area contributed by atoms with Gasteiger partial charge in [0, 0.05) is 21.3 Å². The average Bonchev–Trinajstić information content (AvgIpc) is 3.05. The molecule has 3 N–H and O–H groups in total. The number of hydrogen-bond acceptors (Lipinski definition) is 3. The Morgan fingerprint density at radius 2 is 2.04 bits per heavy atom. The number of urea groups is 1. The number of carbonyl (C=O) groups is 2. The lowest BCUT2D eigenvalue weighted by atomic mass is 10.0. The van der Waals surface area contributed by atoms with Crippen LogP contribution < -0.4 is 16.0 Å². The zero-order valence-electron chi connectivity index (χ0n) is 13.1. The highest BCUT2D eigenvalue weighted by Gasteiger charge is 2.31. The van der Waals surface area contributed by atoms with E-state index >= 15 is 0 Å². The van der Waals surface area contributed by atoms with Crippen molar-refractivity contribution >= 4 is 40.6 Å². The van der Waals surface area contributed by atoms with E-state index in [0.717, 1.165) is 10.4 Å². The van der Waals surface area contributed by atoms with E-state index in [1.807, 2.05) is 24.4 Å². The monoisotopic (exact) mass is 361 g/mol. The van der Waals surface area contributed by atoms with E-state index in [-0.39, 0.29) is 11.9 Å². The second-order valence-corrected chi connectivity index (χ2v) is 6.84. The van der Waals surface area contributed by atoms with Gasteiger partial charge in [-0.3, -0.25) is 4.79 Å². The lowest BCUT2D eigenvalue weighted by molar-refractivity contribution is -0.113. The molecule has 0 spiro atoms. The van der Waals surface area contributed by atoms with E-state index in [2.05, 4.69) is 16.0 Å².